The second-order valence-corrected chi connectivity index (χ2v) is 9.04. The maximum Gasteiger partial charge on any atom is 0.252 e. The van der Waals surface area contributed by atoms with Crippen molar-refractivity contribution < 1.29 is 13.2 Å². The molecule has 2 rings (SSSR count). The second-order valence-electron chi connectivity index (χ2n) is 5.93. The van der Waals surface area contributed by atoms with Gasteiger partial charge in [-0.15, -0.1) is 11.3 Å². The van der Waals surface area contributed by atoms with Crippen molar-refractivity contribution in [1.29, 1.82) is 0 Å². The molecule has 1 aromatic heterocycles. The molecule has 1 N–H and O–H groups in total. The van der Waals surface area contributed by atoms with Crippen LogP contribution in [0.1, 0.15) is 26.7 Å². The molecule has 136 valence electrons. The van der Waals surface area contributed by atoms with E-state index in [1.807, 2.05) is 0 Å². The summed E-state index contributed by atoms with van der Waals surface area (Å²) in [6, 6.07) is 3.37. The Morgan fingerprint density at radius 1 is 1.33 bits per heavy atom. The number of nitrogens with one attached hydrogen (secondary N) is 1. The number of carbonyl (C=O) groups is 1. The molecule has 0 aromatic carbocycles. The largest absolute Gasteiger partial charge is 0.355 e. The fourth-order valence-electron chi connectivity index (χ4n) is 2.92. The Kier molecular flexibility index (Phi) is 7.21. The van der Waals surface area contributed by atoms with Crippen LogP contribution in [0.4, 0.5) is 0 Å². The summed E-state index contributed by atoms with van der Waals surface area (Å²) in [6.45, 7) is 8.49. The molecule has 6 nitrogen and oxygen atoms in total. The molecule has 8 heteroatoms. The van der Waals surface area contributed by atoms with Crippen LogP contribution in [0.15, 0.2) is 21.7 Å². The quantitative estimate of drug-likeness (QED) is 0.752. The zero-order chi connectivity index (χ0) is 17.6. The summed E-state index contributed by atoms with van der Waals surface area (Å²) in [5.41, 5.74) is 0. The average Bonchev–Trinajstić information content (AvgIpc) is 3.14. The summed E-state index contributed by atoms with van der Waals surface area (Å²) in [4.78, 5) is 14.5. The van der Waals surface area contributed by atoms with Crippen molar-refractivity contribution in [1.82, 2.24) is 14.5 Å². The van der Waals surface area contributed by atoms with Gasteiger partial charge in [-0.1, -0.05) is 19.9 Å². The minimum Gasteiger partial charge on any atom is -0.355 e. The average molecular weight is 374 g/mol. The van der Waals surface area contributed by atoms with E-state index in [4.69, 9.17) is 0 Å². The molecule has 24 heavy (non-hydrogen) atoms. The van der Waals surface area contributed by atoms with Crippen molar-refractivity contribution >= 4 is 27.3 Å². The fraction of sp³-hybridized carbons (Fsp3) is 0.688. The van der Waals surface area contributed by atoms with E-state index in [1.165, 1.54) is 15.6 Å². The van der Waals surface area contributed by atoms with Gasteiger partial charge in [-0.05, 0) is 37.4 Å². The van der Waals surface area contributed by atoms with Crippen LogP contribution in [0.5, 0.6) is 0 Å². The number of carbonyl (C=O) groups excluding carboxylic acids is 1. The van der Waals surface area contributed by atoms with E-state index in [9.17, 15) is 13.2 Å². The minimum absolute atomic E-state index is 0.0512. The molecule has 0 spiro atoms. The maximum atomic E-state index is 12.5. The van der Waals surface area contributed by atoms with Gasteiger partial charge >= 0.3 is 0 Å². The van der Waals surface area contributed by atoms with Crippen molar-refractivity contribution in [2.75, 3.05) is 39.3 Å². The van der Waals surface area contributed by atoms with E-state index in [2.05, 4.69) is 24.1 Å². The third-order valence-electron chi connectivity index (χ3n) is 4.54. The Labute approximate surface area is 148 Å². The molecule has 0 atom stereocenters. The van der Waals surface area contributed by atoms with E-state index >= 15 is 0 Å². The number of thiophene rings is 1. The predicted molar refractivity (Wildman–Crippen MR) is 96.6 cm³/mol. The molecule has 0 unspecified atom stereocenters. The van der Waals surface area contributed by atoms with E-state index in [1.54, 1.807) is 17.5 Å². The van der Waals surface area contributed by atoms with Crippen molar-refractivity contribution in [3.05, 3.63) is 17.5 Å². The fourth-order valence-corrected chi connectivity index (χ4v) is 5.53. The first-order chi connectivity index (χ1) is 11.5. The van der Waals surface area contributed by atoms with Crippen LogP contribution >= 0.6 is 11.3 Å². The van der Waals surface area contributed by atoms with Gasteiger partial charge in [0, 0.05) is 32.1 Å². The Bertz CT molecular complexity index is 605. The van der Waals surface area contributed by atoms with E-state index in [0.717, 1.165) is 19.6 Å². The molecule has 1 aliphatic heterocycles. The summed E-state index contributed by atoms with van der Waals surface area (Å²) in [5.74, 6) is -0.0354. The molecular weight excluding hydrogens is 346 g/mol. The second kappa shape index (κ2) is 8.94. The summed E-state index contributed by atoms with van der Waals surface area (Å²) in [6.07, 6.45) is 1.17. The molecular formula is C16H27N3O3S2. The van der Waals surface area contributed by atoms with Crippen molar-refractivity contribution in [3.63, 3.8) is 0 Å². The normalized spacial score (nSPS) is 17.3. The molecule has 1 aliphatic rings. The summed E-state index contributed by atoms with van der Waals surface area (Å²) >= 11 is 1.24. The van der Waals surface area contributed by atoms with Crippen molar-refractivity contribution in [3.8, 4) is 0 Å². The highest BCUT2D eigenvalue weighted by Gasteiger charge is 2.32. The Morgan fingerprint density at radius 3 is 2.54 bits per heavy atom. The van der Waals surface area contributed by atoms with E-state index in [-0.39, 0.29) is 11.8 Å². The van der Waals surface area contributed by atoms with Gasteiger partial charge in [-0.2, -0.15) is 4.31 Å². The molecule has 1 amide bonds. The van der Waals surface area contributed by atoms with E-state index < -0.39 is 10.0 Å². The number of nitrogens with zero attached hydrogens (tertiary/aromatic N) is 2. The van der Waals surface area contributed by atoms with Crippen LogP contribution in [0.25, 0.3) is 0 Å². The Morgan fingerprint density at radius 2 is 2.00 bits per heavy atom. The molecule has 0 saturated carbocycles. The Hall–Kier alpha value is -0.960. The third-order valence-corrected chi connectivity index (χ3v) is 7.81. The lowest BCUT2D eigenvalue weighted by molar-refractivity contribution is -0.126. The summed E-state index contributed by atoms with van der Waals surface area (Å²) in [5, 5.41) is 4.75. The van der Waals surface area contributed by atoms with Crippen LogP contribution in [0.2, 0.25) is 0 Å². The molecule has 0 radical (unpaired) electrons. The zero-order valence-electron chi connectivity index (χ0n) is 14.4. The molecule has 0 aliphatic carbocycles. The van der Waals surface area contributed by atoms with Gasteiger partial charge in [0.15, 0.2) is 0 Å². The number of hydrogen-bond donors (Lipinski definition) is 1. The monoisotopic (exact) mass is 373 g/mol. The van der Waals surface area contributed by atoms with Gasteiger partial charge in [-0.25, -0.2) is 8.42 Å². The number of hydrogen-bond acceptors (Lipinski definition) is 5. The topological polar surface area (TPSA) is 69.7 Å². The minimum atomic E-state index is -3.39. The highest BCUT2D eigenvalue weighted by Crippen LogP contribution is 2.26. The standard InChI is InChI=1S/C16H27N3O3S2/c1-3-18(4-2)12-9-17-16(20)14-7-10-19(11-8-14)24(21,22)15-6-5-13-23-15/h5-6,13-14H,3-4,7-12H2,1-2H3,(H,17,20). The molecule has 1 aromatic rings. The van der Waals surface area contributed by atoms with Crippen LogP contribution in [-0.4, -0.2) is 62.8 Å². The molecule has 2 heterocycles. The third kappa shape index (κ3) is 4.78. The predicted octanol–water partition coefficient (Wildman–Crippen LogP) is 1.61. The van der Waals surface area contributed by atoms with Crippen LogP contribution < -0.4 is 5.32 Å². The lowest BCUT2D eigenvalue weighted by Crippen LogP contribution is -2.44. The SMILES string of the molecule is CCN(CC)CCNC(=O)C1CCN(S(=O)(=O)c2cccs2)CC1. The van der Waals surface area contributed by atoms with Crippen molar-refractivity contribution in [2.24, 2.45) is 5.92 Å². The first kappa shape index (κ1) is 19.4. The zero-order valence-corrected chi connectivity index (χ0v) is 16.0. The smallest absolute Gasteiger partial charge is 0.252 e. The van der Waals surface area contributed by atoms with Gasteiger partial charge in [0.2, 0.25) is 5.91 Å². The summed E-state index contributed by atoms with van der Waals surface area (Å²) < 4.78 is 26.8. The lowest BCUT2D eigenvalue weighted by Gasteiger charge is -2.30. The molecule has 1 saturated heterocycles. The summed E-state index contributed by atoms with van der Waals surface area (Å²) in [7, 11) is -3.39. The van der Waals surface area contributed by atoms with Gasteiger partial charge in [0.05, 0.1) is 0 Å². The number of rotatable bonds is 8. The molecule has 0 bridgehead atoms. The van der Waals surface area contributed by atoms with Crippen molar-refractivity contribution in [2.45, 2.75) is 30.9 Å². The number of amides is 1. The van der Waals surface area contributed by atoms with E-state index in [0.29, 0.717) is 36.7 Å². The van der Waals surface area contributed by atoms with Gasteiger partial charge in [0.1, 0.15) is 4.21 Å². The van der Waals surface area contributed by atoms with Gasteiger partial charge in [0.25, 0.3) is 10.0 Å². The first-order valence-electron chi connectivity index (χ1n) is 8.52. The molecule has 1 fully saturated rings. The first-order valence-corrected chi connectivity index (χ1v) is 10.8. The van der Waals surface area contributed by atoms with Crippen LogP contribution in [0.3, 0.4) is 0 Å². The highest BCUT2D eigenvalue weighted by molar-refractivity contribution is 7.91. The van der Waals surface area contributed by atoms with Crippen LogP contribution in [-0.2, 0) is 14.8 Å². The lowest BCUT2D eigenvalue weighted by atomic mass is 9.97. The Balaban J connectivity index is 1.79. The van der Waals surface area contributed by atoms with Gasteiger partial charge < -0.3 is 10.2 Å². The van der Waals surface area contributed by atoms with Gasteiger partial charge in [-0.3, -0.25) is 4.79 Å². The highest BCUT2D eigenvalue weighted by atomic mass is 32.2. The number of piperidine rings is 1. The number of likely N-dealkylation sites (N-methyl/N-ethyl adjacent to an activating group) is 1. The van der Waals surface area contributed by atoms with Crippen LogP contribution in [0, 0.1) is 5.92 Å². The maximum absolute atomic E-state index is 12.5. The number of sulfonamides is 1.